The monoisotopic (exact) mass is 164 g/mol. The molecule has 56 valence electrons. The van der Waals surface area contributed by atoms with Gasteiger partial charge in [0.05, 0.1) is 5.69 Å². The predicted octanol–water partition coefficient (Wildman–Crippen LogP) is 2.15. The summed E-state index contributed by atoms with van der Waals surface area (Å²) in [6.45, 7) is 0. The van der Waals surface area contributed by atoms with Crippen molar-refractivity contribution in [3.05, 3.63) is 29.9 Å². The zero-order chi connectivity index (χ0) is 7.68. The van der Waals surface area contributed by atoms with Gasteiger partial charge in [-0.15, -0.1) is 11.3 Å². The minimum Gasteiger partial charge on any atom is -0.349 e. The third-order valence-corrected chi connectivity index (χ3v) is 2.39. The molecule has 0 radical (unpaired) electrons. The van der Waals surface area contributed by atoms with Gasteiger partial charge in [0.2, 0.25) is 0 Å². The Morgan fingerprint density at radius 1 is 1.55 bits per heavy atom. The third-order valence-electron chi connectivity index (χ3n) is 1.60. The van der Waals surface area contributed by atoms with Gasteiger partial charge in [-0.2, -0.15) is 0 Å². The van der Waals surface area contributed by atoms with Gasteiger partial charge >= 0.3 is 0 Å². The molecule has 0 N–H and O–H groups in total. The normalized spacial score (nSPS) is 10.3. The van der Waals surface area contributed by atoms with Crippen LogP contribution in [0.15, 0.2) is 29.9 Å². The quantitative estimate of drug-likeness (QED) is 0.631. The number of thiazole rings is 1. The lowest BCUT2D eigenvalue weighted by Gasteiger charge is -1.96. The van der Waals surface area contributed by atoms with E-state index in [1.807, 2.05) is 30.9 Å². The summed E-state index contributed by atoms with van der Waals surface area (Å²) in [5.41, 5.74) is 1.18. The maximum Gasteiger partial charge on any atom is 0.139 e. The predicted molar refractivity (Wildman–Crippen MR) is 46.5 cm³/mol. The van der Waals surface area contributed by atoms with Crippen LogP contribution >= 0.6 is 11.3 Å². The van der Waals surface area contributed by atoms with Crippen LogP contribution in [0.3, 0.4) is 0 Å². The average molecular weight is 164 g/mol. The summed E-state index contributed by atoms with van der Waals surface area (Å²) in [6, 6.07) is 4.09. The molecule has 2 nitrogen and oxygen atoms in total. The van der Waals surface area contributed by atoms with Gasteiger partial charge in [-0.3, -0.25) is 0 Å². The van der Waals surface area contributed by atoms with Crippen LogP contribution in [0.5, 0.6) is 0 Å². The molecule has 2 rings (SSSR count). The molecule has 0 saturated carbocycles. The minimum atomic E-state index is 1.08. The molecule has 0 aliphatic heterocycles. The van der Waals surface area contributed by atoms with E-state index in [0.29, 0.717) is 0 Å². The van der Waals surface area contributed by atoms with Crippen molar-refractivity contribution in [1.82, 2.24) is 9.55 Å². The Bertz CT molecular complexity index is 335. The summed E-state index contributed by atoms with van der Waals surface area (Å²) >= 11 is 1.66. The van der Waals surface area contributed by atoms with Crippen LogP contribution in [-0.4, -0.2) is 9.55 Å². The van der Waals surface area contributed by atoms with E-state index < -0.39 is 0 Å². The molecule has 0 fully saturated rings. The van der Waals surface area contributed by atoms with Crippen molar-refractivity contribution in [2.24, 2.45) is 7.05 Å². The lowest BCUT2D eigenvalue weighted by atomic mass is 10.4. The Labute approximate surface area is 69.1 Å². The fourth-order valence-corrected chi connectivity index (χ4v) is 1.74. The molecule has 0 bridgehead atoms. The zero-order valence-corrected chi connectivity index (χ0v) is 7.01. The van der Waals surface area contributed by atoms with E-state index in [9.17, 15) is 0 Å². The summed E-state index contributed by atoms with van der Waals surface area (Å²) in [4.78, 5) is 4.22. The van der Waals surface area contributed by atoms with Crippen molar-refractivity contribution in [3.8, 4) is 10.7 Å². The zero-order valence-electron chi connectivity index (χ0n) is 6.19. The van der Waals surface area contributed by atoms with Gasteiger partial charge in [0, 0.05) is 24.8 Å². The van der Waals surface area contributed by atoms with Crippen molar-refractivity contribution >= 4 is 11.3 Å². The molecule has 0 aliphatic rings. The molecule has 0 atom stereocenters. The van der Waals surface area contributed by atoms with Gasteiger partial charge in [0.15, 0.2) is 0 Å². The van der Waals surface area contributed by atoms with E-state index in [2.05, 4.69) is 15.6 Å². The summed E-state index contributed by atoms with van der Waals surface area (Å²) in [5.74, 6) is 0. The molecule has 0 aliphatic carbocycles. The number of rotatable bonds is 1. The van der Waals surface area contributed by atoms with Crippen LogP contribution in [0.25, 0.3) is 10.7 Å². The van der Waals surface area contributed by atoms with Crippen molar-refractivity contribution in [1.29, 1.82) is 0 Å². The molecule has 11 heavy (non-hydrogen) atoms. The first kappa shape index (κ1) is 6.61. The summed E-state index contributed by atoms with van der Waals surface area (Å²) < 4.78 is 2.07. The highest BCUT2D eigenvalue weighted by atomic mass is 32.1. The molecule has 0 unspecified atom stereocenters. The number of hydrogen-bond acceptors (Lipinski definition) is 2. The second-order valence-corrected chi connectivity index (χ2v) is 3.24. The Balaban J connectivity index is 2.53. The van der Waals surface area contributed by atoms with E-state index in [1.165, 1.54) is 5.69 Å². The second-order valence-electron chi connectivity index (χ2n) is 2.34. The number of hydrogen-bond donors (Lipinski definition) is 0. The Morgan fingerprint density at radius 3 is 3.00 bits per heavy atom. The van der Waals surface area contributed by atoms with Crippen LogP contribution in [0.2, 0.25) is 0 Å². The van der Waals surface area contributed by atoms with E-state index in [0.717, 1.165) is 5.01 Å². The first-order valence-corrected chi connectivity index (χ1v) is 4.27. The van der Waals surface area contributed by atoms with Gasteiger partial charge in [0.1, 0.15) is 5.01 Å². The largest absolute Gasteiger partial charge is 0.349 e. The minimum absolute atomic E-state index is 1.08. The molecule has 0 amide bonds. The summed E-state index contributed by atoms with van der Waals surface area (Å²) in [5, 5.41) is 3.07. The molecule has 0 saturated heterocycles. The fraction of sp³-hybridized carbons (Fsp3) is 0.125. The van der Waals surface area contributed by atoms with Gasteiger partial charge in [-0.1, -0.05) is 0 Å². The third kappa shape index (κ3) is 1.07. The Kier molecular flexibility index (Phi) is 1.51. The SMILES string of the molecule is Cn1cccc1-c1nccs1. The van der Waals surface area contributed by atoms with Crippen molar-refractivity contribution < 1.29 is 0 Å². The number of aryl methyl sites for hydroxylation is 1. The van der Waals surface area contributed by atoms with Crippen LogP contribution in [0.4, 0.5) is 0 Å². The second kappa shape index (κ2) is 2.51. The first-order valence-electron chi connectivity index (χ1n) is 3.39. The molecular formula is C8H8N2S. The van der Waals surface area contributed by atoms with Crippen molar-refractivity contribution in [2.75, 3.05) is 0 Å². The highest BCUT2D eigenvalue weighted by Gasteiger charge is 2.01. The van der Waals surface area contributed by atoms with Crippen LogP contribution in [0.1, 0.15) is 0 Å². The van der Waals surface area contributed by atoms with E-state index in [4.69, 9.17) is 0 Å². The Morgan fingerprint density at radius 2 is 2.45 bits per heavy atom. The standard InChI is InChI=1S/C8H8N2S/c1-10-5-2-3-7(10)8-9-4-6-11-8/h2-6H,1H3. The number of aromatic nitrogens is 2. The summed E-state index contributed by atoms with van der Waals surface area (Å²) in [6.07, 6.45) is 3.85. The maximum atomic E-state index is 4.22. The molecule has 0 aromatic carbocycles. The molecule has 2 aromatic rings. The van der Waals surface area contributed by atoms with E-state index >= 15 is 0 Å². The van der Waals surface area contributed by atoms with Crippen LogP contribution in [0, 0.1) is 0 Å². The molecule has 0 spiro atoms. The van der Waals surface area contributed by atoms with Crippen LogP contribution < -0.4 is 0 Å². The first-order chi connectivity index (χ1) is 5.38. The fourth-order valence-electron chi connectivity index (χ4n) is 1.03. The summed E-state index contributed by atoms with van der Waals surface area (Å²) in [7, 11) is 2.02. The van der Waals surface area contributed by atoms with Crippen molar-refractivity contribution in [2.45, 2.75) is 0 Å². The Hall–Kier alpha value is -1.09. The average Bonchev–Trinajstić information content (AvgIpc) is 2.55. The smallest absolute Gasteiger partial charge is 0.139 e. The van der Waals surface area contributed by atoms with E-state index in [-0.39, 0.29) is 0 Å². The van der Waals surface area contributed by atoms with E-state index in [1.54, 1.807) is 11.3 Å². The van der Waals surface area contributed by atoms with Crippen LogP contribution in [-0.2, 0) is 7.05 Å². The van der Waals surface area contributed by atoms with Crippen molar-refractivity contribution in [3.63, 3.8) is 0 Å². The lowest BCUT2D eigenvalue weighted by molar-refractivity contribution is 0.935. The number of nitrogens with zero attached hydrogens (tertiary/aromatic N) is 2. The molecule has 3 heteroatoms. The van der Waals surface area contributed by atoms with Gasteiger partial charge in [-0.25, -0.2) is 4.98 Å². The lowest BCUT2D eigenvalue weighted by Crippen LogP contribution is -1.87. The topological polar surface area (TPSA) is 17.8 Å². The van der Waals surface area contributed by atoms with Gasteiger partial charge < -0.3 is 4.57 Å². The molecule has 2 aromatic heterocycles. The maximum absolute atomic E-state index is 4.22. The molecular weight excluding hydrogens is 156 g/mol. The highest BCUT2D eigenvalue weighted by Crippen LogP contribution is 2.20. The highest BCUT2D eigenvalue weighted by molar-refractivity contribution is 7.13. The molecule has 2 heterocycles. The van der Waals surface area contributed by atoms with Gasteiger partial charge in [0.25, 0.3) is 0 Å². The van der Waals surface area contributed by atoms with Gasteiger partial charge in [-0.05, 0) is 12.1 Å².